The summed E-state index contributed by atoms with van der Waals surface area (Å²) < 4.78 is 5.83. The Morgan fingerprint density at radius 1 is 1.59 bits per heavy atom. The van der Waals surface area contributed by atoms with Crippen molar-refractivity contribution >= 4 is 21.9 Å². The fraction of sp³-hybridized carbons (Fsp3) is 0.417. The lowest BCUT2D eigenvalue weighted by Gasteiger charge is -2.25. The molecule has 0 saturated heterocycles. The molecule has 4 nitrogen and oxygen atoms in total. The Balaban J connectivity index is 2.44. The SMILES string of the molecule is COc1ccc(C(N)(C(=O)O)C2CC2)cc1Br. The van der Waals surface area contributed by atoms with Crippen molar-refractivity contribution in [3.05, 3.63) is 28.2 Å². The standard InChI is InChI=1S/C12H14BrNO3/c1-17-10-5-4-8(6-9(10)13)12(14,11(15)16)7-2-3-7/h4-7H,2-3,14H2,1H3,(H,15,16). The highest BCUT2D eigenvalue weighted by Gasteiger charge is 2.49. The third-order valence-corrected chi connectivity index (χ3v) is 3.82. The van der Waals surface area contributed by atoms with Crippen LogP contribution in [0, 0.1) is 5.92 Å². The average Bonchev–Trinajstić information content (AvgIpc) is 3.11. The van der Waals surface area contributed by atoms with Gasteiger partial charge in [0.05, 0.1) is 11.6 Å². The Labute approximate surface area is 108 Å². The van der Waals surface area contributed by atoms with Gasteiger partial charge in [0.25, 0.3) is 0 Å². The van der Waals surface area contributed by atoms with E-state index in [0.717, 1.165) is 12.8 Å². The van der Waals surface area contributed by atoms with E-state index in [1.54, 1.807) is 25.3 Å². The van der Waals surface area contributed by atoms with Gasteiger partial charge in [0.15, 0.2) is 0 Å². The number of carboxylic acids is 1. The monoisotopic (exact) mass is 299 g/mol. The zero-order chi connectivity index (χ0) is 12.6. The van der Waals surface area contributed by atoms with E-state index in [2.05, 4.69) is 15.9 Å². The van der Waals surface area contributed by atoms with Crippen LogP contribution >= 0.6 is 15.9 Å². The van der Waals surface area contributed by atoms with E-state index < -0.39 is 11.5 Å². The van der Waals surface area contributed by atoms with Crippen molar-refractivity contribution < 1.29 is 14.6 Å². The quantitative estimate of drug-likeness (QED) is 0.893. The number of nitrogens with two attached hydrogens (primary N) is 1. The minimum atomic E-state index is -1.28. The predicted octanol–water partition coefficient (Wildman–Crippen LogP) is 2.11. The van der Waals surface area contributed by atoms with Crippen LogP contribution in [0.5, 0.6) is 5.75 Å². The maximum absolute atomic E-state index is 11.4. The summed E-state index contributed by atoms with van der Waals surface area (Å²) in [5, 5.41) is 9.34. The molecule has 5 heteroatoms. The van der Waals surface area contributed by atoms with Gasteiger partial charge < -0.3 is 15.6 Å². The summed E-state index contributed by atoms with van der Waals surface area (Å²) >= 11 is 3.34. The van der Waals surface area contributed by atoms with Gasteiger partial charge >= 0.3 is 5.97 Å². The number of rotatable bonds is 4. The molecule has 1 aliphatic rings. The van der Waals surface area contributed by atoms with Crippen LogP contribution in [0.15, 0.2) is 22.7 Å². The normalized spacial score (nSPS) is 18.5. The molecule has 1 unspecified atom stereocenters. The van der Waals surface area contributed by atoms with Crippen molar-refractivity contribution in [3.8, 4) is 5.75 Å². The molecule has 0 aliphatic heterocycles. The summed E-state index contributed by atoms with van der Waals surface area (Å²) in [6.07, 6.45) is 1.74. The highest BCUT2D eigenvalue weighted by atomic mass is 79.9. The van der Waals surface area contributed by atoms with E-state index in [9.17, 15) is 9.90 Å². The van der Waals surface area contributed by atoms with E-state index >= 15 is 0 Å². The van der Waals surface area contributed by atoms with Gasteiger partial charge in [-0.05, 0) is 52.4 Å². The van der Waals surface area contributed by atoms with Crippen LogP contribution in [-0.4, -0.2) is 18.2 Å². The summed E-state index contributed by atoms with van der Waals surface area (Å²) in [5.74, 6) is -0.283. The van der Waals surface area contributed by atoms with Crippen molar-refractivity contribution in [2.24, 2.45) is 11.7 Å². The topological polar surface area (TPSA) is 72.5 Å². The molecule has 0 heterocycles. The highest BCUT2D eigenvalue weighted by Crippen LogP contribution is 2.45. The third-order valence-electron chi connectivity index (χ3n) is 3.20. The zero-order valence-corrected chi connectivity index (χ0v) is 11.0. The van der Waals surface area contributed by atoms with Crippen LogP contribution < -0.4 is 10.5 Å². The van der Waals surface area contributed by atoms with E-state index in [1.807, 2.05) is 0 Å². The van der Waals surface area contributed by atoms with Gasteiger partial charge in [0.2, 0.25) is 0 Å². The summed E-state index contributed by atoms with van der Waals surface area (Å²) in [6.45, 7) is 0. The van der Waals surface area contributed by atoms with Gasteiger partial charge in [0.1, 0.15) is 11.3 Å². The second kappa shape index (κ2) is 4.31. The van der Waals surface area contributed by atoms with Crippen LogP contribution in [0.4, 0.5) is 0 Å². The van der Waals surface area contributed by atoms with Crippen LogP contribution in [-0.2, 0) is 10.3 Å². The third kappa shape index (κ3) is 2.05. The first-order chi connectivity index (χ1) is 8.00. The van der Waals surface area contributed by atoms with Crippen LogP contribution in [0.25, 0.3) is 0 Å². The number of methoxy groups -OCH3 is 1. The molecule has 92 valence electrons. The fourth-order valence-electron chi connectivity index (χ4n) is 2.00. The van der Waals surface area contributed by atoms with Crippen LogP contribution in [0.2, 0.25) is 0 Å². The molecule has 1 aliphatic carbocycles. The molecule has 0 aromatic heterocycles. The van der Waals surface area contributed by atoms with Gasteiger partial charge in [-0.25, -0.2) is 4.79 Å². The number of carboxylic acid groups (broad SMARTS) is 1. The molecule has 17 heavy (non-hydrogen) atoms. The molecule has 1 aromatic carbocycles. The first-order valence-corrected chi connectivity index (χ1v) is 6.15. The molecule has 1 aromatic rings. The van der Waals surface area contributed by atoms with Crippen molar-refractivity contribution in [2.45, 2.75) is 18.4 Å². The van der Waals surface area contributed by atoms with Gasteiger partial charge in [-0.1, -0.05) is 6.07 Å². The Bertz CT molecular complexity index is 459. The summed E-state index contributed by atoms with van der Waals surface area (Å²) in [5.41, 5.74) is 5.39. The Morgan fingerprint density at radius 3 is 2.65 bits per heavy atom. The molecule has 0 amide bonds. The second-order valence-corrected chi connectivity index (χ2v) is 5.15. The Hall–Kier alpha value is -1.07. The minimum Gasteiger partial charge on any atom is -0.496 e. The van der Waals surface area contributed by atoms with Crippen LogP contribution in [0.1, 0.15) is 18.4 Å². The fourth-order valence-corrected chi connectivity index (χ4v) is 2.54. The zero-order valence-electron chi connectivity index (χ0n) is 9.44. The van der Waals surface area contributed by atoms with Crippen molar-refractivity contribution in [3.63, 3.8) is 0 Å². The second-order valence-electron chi connectivity index (χ2n) is 4.30. The summed E-state index contributed by atoms with van der Waals surface area (Å²) in [4.78, 5) is 11.4. The summed E-state index contributed by atoms with van der Waals surface area (Å²) in [6, 6.07) is 5.17. The number of aliphatic carboxylic acids is 1. The number of carbonyl (C=O) groups is 1. The van der Waals surface area contributed by atoms with Crippen molar-refractivity contribution in [1.82, 2.24) is 0 Å². The van der Waals surface area contributed by atoms with Gasteiger partial charge in [-0.3, -0.25) is 0 Å². The van der Waals surface area contributed by atoms with Gasteiger partial charge in [0, 0.05) is 0 Å². The molecule has 0 spiro atoms. The van der Waals surface area contributed by atoms with Crippen LogP contribution in [0.3, 0.4) is 0 Å². The van der Waals surface area contributed by atoms with E-state index in [-0.39, 0.29) is 5.92 Å². The highest BCUT2D eigenvalue weighted by molar-refractivity contribution is 9.10. The lowest BCUT2D eigenvalue weighted by Crippen LogP contribution is -2.47. The molecule has 1 fully saturated rings. The number of hydrogen-bond acceptors (Lipinski definition) is 3. The van der Waals surface area contributed by atoms with Gasteiger partial charge in [-0.2, -0.15) is 0 Å². The number of benzene rings is 1. The first kappa shape index (κ1) is 12.4. The molecule has 0 bridgehead atoms. The van der Waals surface area contributed by atoms with Crippen molar-refractivity contribution in [1.29, 1.82) is 0 Å². The Morgan fingerprint density at radius 2 is 2.24 bits per heavy atom. The van der Waals surface area contributed by atoms with E-state index in [0.29, 0.717) is 15.8 Å². The molecule has 1 atom stereocenters. The first-order valence-electron chi connectivity index (χ1n) is 5.36. The number of hydrogen-bond donors (Lipinski definition) is 2. The molecular formula is C12H14BrNO3. The lowest BCUT2D eigenvalue weighted by molar-refractivity contribution is -0.144. The largest absolute Gasteiger partial charge is 0.496 e. The Kier molecular flexibility index (Phi) is 3.14. The molecular weight excluding hydrogens is 286 g/mol. The molecule has 3 N–H and O–H groups in total. The number of ether oxygens (including phenoxy) is 1. The van der Waals surface area contributed by atoms with E-state index in [4.69, 9.17) is 10.5 Å². The maximum atomic E-state index is 11.4. The average molecular weight is 300 g/mol. The lowest BCUT2D eigenvalue weighted by atomic mass is 9.86. The van der Waals surface area contributed by atoms with Crippen molar-refractivity contribution in [2.75, 3.05) is 7.11 Å². The van der Waals surface area contributed by atoms with E-state index in [1.165, 1.54) is 0 Å². The smallest absolute Gasteiger partial charge is 0.328 e. The predicted molar refractivity (Wildman–Crippen MR) is 66.9 cm³/mol. The van der Waals surface area contributed by atoms with Gasteiger partial charge in [-0.15, -0.1) is 0 Å². The maximum Gasteiger partial charge on any atom is 0.328 e. The molecule has 0 radical (unpaired) electrons. The molecule has 2 rings (SSSR count). The summed E-state index contributed by atoms with van der Waals surface area (Å²) in [7, 11) is 1.56. The molecule has 1 saturated carbocycles. The minimum absolute atomic E-state index is 0.0281. The number of halogens is 1.